The van der Waals surface area contributed by atoms with Crippen molar-refractivity contribution < 1.29 is 13.6 Å². The summed E-state index contributed by atoms with van der Waals surface area (Å²) in [7, 11) is 0. The predicted molar refractivity (Wildman–Crippen MR) is 71.9 cm³/mol. The van der Waals surface area contributed by atoms with Crippen LogP contribution in [0.25, 0.3) is 0 Å². The second-order valence-corrected chi connectivity index (χ2v) is 5.50. The van der Waals surface area contributed by atoms with Gasteiger partial charge < -0.3 is 10.6 Å². The summed E-state index contributed by atoms with van der Waals surface area (Å²) in [4.78, 5) is 13.6. The summed E-state index contributed by atoms with van der Waals surface area (Å²) in [5.74, 6) is -1.47. The highest BCUT2D eigenvalue weighted by atomic mass is 32.2. The molecular formula is C13H16F2N2OS. The van der Waals surface area contributed by atoms with Crippen molar-refractivity contribution in [2.24, 2.45) is 0 Å². The summed E-state index contributed by atoms with van der Waals surface area (Å²) in [6.45, 7) is 2.54. The lowest BCUT2D eigenvalue weighted by molar-refractivity contribution is -0.128. The summed E-state index contributed by atoms with van der Waals surface area (Å²) in [5, 5.41) is 0. The number of carbonyl (C=O) groups excluding carboxylic acids is 1. The molecule has 0 radical (unpaired) electrons. The van der Waals surface area contributed by atoms with Crippen LogP contribution in [0.1, 0.15) is 19.8 Å². The molecule has 0 aliphatic heterocycles. The Balaban J connectivity index is 2.00. The lowest BCUT2D eigenvalue weighted by Crippen LogP contribution is -2.34. The zero-order chi connectivity index (χ0) is 14.0. The summed E-state index contributed by atoms with van der Waals surface area (Å²) in [5.41, 5.74) is 5.38. The molecule has 1 aliphatic carbocycles. The Morgan fingerprint density at radius 2 is 2.00 bits per heavy atom. The van der Waals surface area contributed by atoms with Crippen molar-refractivity contribution in [3.05, 3.63) is 23.8 Å². The average molecular weight is 286 g/mol. The number of thioether (sulfide) groups is 1. The number of nitrogens with two attached hydrogens (primary N) is 1. The van der Waals surface area contributed by atoms with Crippen molar-refractivity contribution >= 4 is 23.4 Å². The molecule has 0 spiro atoms. The topological polar surface area (TPSA) is 46.3 Å². The van der Waals surface area contributed by atoms with Crippen LogP contribution in [0.15, 0.2) is 17.0 Å². The quantitative estimate of drug-likeness (QED) is 0.668. The third kappa shape index (κ3) is 3.37. The fraction of sp³-hybridized carbons (Fsp3) is 0.462. The predicted octanol–water partition coefficient (Wildman–Crippen LogP) is 2.65. The van der Waals surface area contributed by atoms with Crippen molar-refractivity contribution in [2.75, 3.05) is 18.0 Å². The average Bonchev–Trinajstić information content (AvgIpc) is 3.13. The maximum atomic E-state index is 13.5. The Labute approximate surface area is 115 Å². The van der Waals surface area contributed by atoms with Gasteiger partial charge in [0.2, 0.25) is 5.91 Å². The minimum atomic E-state index is -0.718. The first-order chi connectivity index (χ1) is 9.02. The number of halogens is 2. The summed E-state index contributed by atoms with van der Waals surface area (Å²) < 4.78 is 27.1. The van der Waals surface area contributed by atoms with E-state index in [1.807, 2.05) is 6.92 Å². The number of rotatable bonds is 5. The highest BCUT2D eigenvalue weighted by Crippen LogP contribution is 2.30. The fourth-order valence-corrected chi connectivity index (χ4v) is 2.79. The first kappa shape index (κ1) is 14.1. The van der Waals surface area contributed by atoms with E-state index in [1.54, 1.807) is 4.90 Å². The molecule has 2 N–H and O–H groups in total. The van der Waals surface area contributed by atoms with Gasteiger partial charge in [0.25, 0.3) is 0 Å². The largest absolute Gasteiger partial charge is 0.399 e. The Hall–Kier alpha value is -1.30. The smallest absolute Gasteiger partial charge is 0.233 e. The molecule has 0 atom stereocenters. The Morgan fingerprint density at radius 1 is 1.42 bits per heavy atom. The number of anilines is 1. The van der Waals surface area contributed by atoms with Crippen LogP contribution in [-0.4, -0.2) is 29.1 Å². The molecule has 0 bridgehead atoms. The number of amides is 1. The molecule has 104 valence electrons. The zero-order valence-corrected chi connectivity index (χ0v) is 11.5. The highest BCUT2D eigenvalue weighted by Gasteiger charge is 2.31. The van der Waals surface area contributed by atoms with Crippen molar-refractivity contribution in [3.8, 4) is 0 Å². The number of nitrogen functional groups attached to an aromatic ring is 1. The van der Waals surface area contributed by atoms with E-state index in [9.17, 15) is 13.6 Å². The van der Waals surface area contributed by atoms with Gasteiger partial charge in [-0.2, -0.15) is 0 Å². The minimum Gasteiger partial charge on any atom is -0.399 e. The van der Waals surface area contributed by atoms with Gasteiger partial charge in [-0.3, -0.25) is 4.79 Å². The number of carbonyl (C=O) groups is 1. The molecule has 6 heteroatoms. The van der Waals surface area contributed by atoms with Gasteiger partial charge in [-0.15, -0.1) is 11.8 Å². The molecule has 0 saturated heterocycles. The van der Waals surface area contributed by atoms with Crippen LogP contribution in [0.3, 0.4) is 0 Å². The maximum Gasteiger partial charge on any atom is 0.233 e. The highest BCUT2D eigenvalue weighted by molar-refractivity contribution is 8.00. The Kier molecular flexibility index (Phi) is 4.29. The molecule has 3 nitrogen and oxygen atoms in total. The van der Waals surface area contributed by atoms with Crippen LogP contribution < -0.4 is 5.73 Å². The molecule has 19 heavy (non-hydrogen) atoms. The van der Waals surface area contributed by atoms with E-state index in [2.05, 4.69) is 0 Å². The monoisotopic (exact) mass is 286 g/mol. The Bertz CT molecular complexity index is 469. The van der Waals surface area contributed by atoms with E-state index in [-0.39, 0.29) is 22.2 Å². The van der Waals surface area contributed by atoms with Crippen molar-refractivity contribution in [1.82, 2.24) is 4.90 Å². The van der Waals surface area contributed by atoms with E-state index in [0.717, 1.165) is 36.7 Å². The van der Waals surface area contributed by atoms with E-state index in [4.69, 9.17) is 5.73 Å². The second-order valence-electron chi connectivity index (χ2n) is 4.51. The third-order valence-electron chi connectivity index (χ3n) is 3.01. The molecule has 1 saturated carbocycles. The number of nitrogens with zero attached hydrogens (tertiary/aromatic N) is 1. The van der Waals surface area contributed by atoms with Gasteiger partial charge in [-0.05, 0) is 31.9 Å². The number of hydrogen-bond acceptors (Lipinski definition) is 3. The van der Waals surface area contributed by atoms with Crippen molar-refractivity contribution in [1.29, 1.82) is 0 Å². The third-order valence-corrected chi connectivity index (χ3v) is 4.08. The van der Waals surface area contributed by atoms with Crippen LogP contribution in [-0.2, 0) is 4.79 Å². The molecule has 1 fully saturated rings. The van der Waals surface area contributed by atoms with Gasteiger partial charge in [0.05, 0.1) is 10.6 Å². The second kappa shape index (κ2) is 5.77. The molecule has 1 aliphatic rings. The molecule has 1 aromatic rings. The van der Waals surface area contributed by atoms with Crippen LogP contribution in [0, 0.1) is 11.6 Å². The molecule has 1 amide bonds. The van der Waals surface area contributed by atoms with Crippen LogP contribution in [0.4, 0.5) is 14.5 Å². The van der Waals surface area contributed by atoms with Gasteiger partial charge in [0, 0.05) is 18.3 Å². The first-order valence-corrected chi connectivity index (χ1v) is 7.18. The number of hydrogen-bond donors (Lipinski definition) is 1. The fourth-order valence-electron chi connectivity index (χ4n) is 1.96. The lowest BCUT2D eigenvalue weighted by Gasteiger charge is -2.20. The van der Waals surface area contributed by atoms with Gasteiger partial charge in [-0.25, -0.2) is 8.78 Å². The zero-order valence-electron chi connectivity index (χ0n) is 10.7. The SMILES string of the molecule is CCN(C(=O)CSc1c(F)cc(N)cc1F)C1CC1. The van der Waals surface area contributed by atoms with Gasteiger partial charge >= 0.3 is 0 Å². The van der Waals surface area contributed by atoms with Gasteiger partial charge in [0.1, 0.15) is 11.6 Å². The Morgan fingerprint density at radius 3 is 2.47 bits per heavy atom. The van der Waals surface area contributed by atoms with Crippen LogP contribution >= 0.6 is 11.8 Å². The molecule has 0 heterocycles. The van der Waals surface area contributed by atoms with E-state index >= 15 is 0 Å². The molecule has 0 unspecified atom stereocenters. The molecular weight excluding hydrogens is 270 g/mol. The first-order valence-electron chi connectivity index (χ1n) is 6.19. The van der Waals surface area contributed by atoms with E-state index in [0.29, 0.717) is 12.6 Å². The van der Waals surface area contributed by atoms with E-state index < -0.39 is 11.6 Å². The normalized spacial score (nSPS) is 14.5. The molecule has 2 rings (SSSR count). The van der Waals surface area contributed by atoms with E-state index in [1.165, 1.54) is 0 Å². The number of benzene rings is 1. The summed E-state index contributed by atoms with van der Waals surface area (Å²) in [6, 6.07) is 2.45. The maximum absolute atomic E-state index is 13.5. The van der Waals surface area contributed by atoms with Gasteiger partial charge in [0.15, 0.2) is 0 Å². The summed E-state index contributed by atoms with van der Waals surface area (Å²) in [6.07, 6.45) is 2.05. The lowest BCUT2D eigenvalue weighted by atomic mass is 10.3. The minimum absolute atomic E-state index is 0.0406. The van der Waals surface area contributed by atoms with Gasteiger partial charge in [-0.1, -0.05) is 0 Å². The molecule has 1 aromatic carbocycles. The van der Waals surface area contributed by atoms with Crippen LogP contribution in [0.2, 0.25) is 0 Å². The van der Waals surface area contributed by atoms with Crippen LogP contribution in [0.5, 0.6) is 0 Å². The summed E-state index contributed by atoms with van der Waals surface area (Å²) >= 11 is 0.883. The van der Waals surface area contributed by atoms with Crippen molar-refractivity contribution in [3.63, 3.8) is 0 Å². The van der Waals surface area contributed by atoms with Crippen molar-refractivity contribution in [2.45, 2.75) is 30.7 Å². The molecule has 0 aromatic heterocycles. The standard InChI is InChI=1S/C13H16F2N2OS/c1-2-17(9-3-4-9)12(18)7-19-13-10(14)5-8(16)6-11(13)15/h5-6,9H,2-4,7,16H2,1H3.